The molecule has 2 aromatic rings. The van der Waals surface area contributed by atoms with Crippen LogP contribution in [0.1, 0.15) is 30.6 Å². The van der Waals surface area contributed by atoms with Gasteiger partial charge in [-0.2, -0.15) is 0 Å². The summed E-state index contributed by atoms with van der Waals surface area (Å²) < 4.78 is 18.4. The number of anilines is 1. The van der Waals surface area contributed by atoms with Gasteiger partial charge in [0.2, 0.25) is 0 Å². The van der Waals surface area contributed by atoms with Gasteiger partial charge in [0.1, 0.15) is 11.6 Å². The van der Waals surface area contributed by atoms with Crippen molar-refractivity contribution in [1.29, 1.82) is 0 Å². The van der Waals surface area contributed by atoms with Crippen LogP contribution in [0, 0.1) is 5.82 Å². The fraction of sp³-hybridized carbons (Fsp3) is 0.222. The molecule has 0 saturated carbocycles. The lowest BCUT2D eigenvalue weighted by molar-refractivity contribution is 0.102. The highest BCUT2D eigenvalue weighted by atomic mass is 32.1. The summed E-state index contributed by atoms with van der Waals surface area (Å²) in [6.45, 7) is 4.06. The quantitative estimate of drug-likeness (QED) is 0.799. The van der Waals surface area contributed by atoms with Gasteiger partial charge in [-0.25, -0.2) is 4.39 Å². The maximum atomic E-state index is 12.9. The van der Waals surface area contributed by atoms with E-state index in [2.05, 4.69) is 17.6 Å². The molecular weight excluding hydrogens is 327 g/mol. The summed E-state index contributed by atoms with van der Waals surface area (Å²) in [5.74, 6) is -0.0842. The molecule has 2 aromatic carbocycles. The number of amides is 1. The molecule has 2 rings (SSSR count). The topological polar surface area (TPSA) is 50.4 Å². The maximum absolute atomic E-state index is 12.9. The van der Waals surface area contributed by atoms with Crippen molar-refractivity contribution in [3.05, 3.63) is 59.9 Å². The van der Waals surface area contributed by atoms with Gasteiger partial charge in [-0.1, -0.05) is 6.92 Å². The van der Waals surface area contributed by atoms with Crippen LogP contribution in [0.5, 0.6) is 5.75 Å². The molecule has 0 aliphatic carbocycles. The van der Waals surface area contributed by atoms with Crippen molar-refractivity contribution in [2.45, 2.75) is 26.3 Å². The summed E-state index contributed by atoms with van der Waals surface area (Å²) in [4.78, 5) is 12.1. The Kier molecular flexibility index (Phi) is 6.26. The average Bonchev–Trinajstić information content (AvgIpc) is 2.57. The first kappa shape index (κ1) is 17.9. The fourth-order valence-electron chi connectivity index (χ4n) is 1.85. The van der Waals surface area contributed by atoms with E-state index in [1.165, 1.54) is 24.3 Å². The lowest BCUT2D eigenvalue weighted by Gasteiger charge is -2.14. The minimum Gasteiger partial charge on any atom is -0.432 e. The molecule has 0 bridgehead atoms. The van der Waals surface area contributed by atoms with E-state index in [4.69, 9.17) is 17.0 Å². The Morgan fingerprint density at radius 3 is 2.38 bits per heavy atom. The highest BCUT2D eigenvalue weighted by Gasteiger charge is 2.08. The summed E-state index contributed by atoms with van der Waals surface area (Å²) in [5.41, 5.74) is 0.994. The third-order valence-corrected chi connectivity index (χ3v) is 3.61. The summed E-state index contributed by atoms with van der Waals surface area (Å²) in [6, 6.07) is 12.4. The number of carbonyl (C=O) groups excluding carboxylic acids is 1. The summed E-state index contributed by atoms with van der Waals surface area (Å²) >= 11 is 5.12. The van der Waals surface area contributed by atoms with Crippen LogP contribution in [0.4, 0.5) is 10.1 Å². The van der Waals surface area contributed by atoms with Crippen LogP contribution in [0.25, 0.3) is 0 Å². The average molecular weight is 346 g/mol. The monoisotopic (exact) mass is 346 g/mol. The number of benzene rings is 2. The molecule has 0 aromatic heterocycles. The Labute approximate surface area is 146 Å². The van der Waals surface area contributed by atoms with Gasteiger partial charge in [0.25, 0.3) is 11.1 Å². The number of carbonyl (C=O) groups is 1. The van der Waals surface area contributed by atoms with Crippen molar-refractivity contribution in [2.24, 2.45) is 0 Å². The smallest absolute Gasteiger partial charge is 0.262 e. The summed E-state index contributed by atoms with van der Waals surface area (Å²) in [6.07, 6.45) is 0.937. The zero-order chi connectivity index (χ0) is 17.5. The van der Waals surface area contributed by atoms with Gasteiger partial charge in [0.05, 0.1) is 0 Å². The van der Waals surface area contributed by atoms with E-state index in [0.29, 0.717) is 22.2 Å². The molecule has 24 heavy (non-hydrogen) atoms. The Morgan fingerprint density at radius 1 is 1.17 bits per heavy atom. The molecule has 0 spiro atoms. The van der Waals surface area contributed by atoms with Crippen molar-refractivity contribution < 1.29 is 13.9 Å². The molecule has 0 saturated heterocycles. The van der Waals surface area contributed by atoms with Crippen molar-refractivity contribution in [3.63, 3.8) is 0 Å². The van der Waals surface area contributed by atoms with E-state index < -0.39 is 0 Å². The van der Waals surface area contributed by atoms with E-state index in [-0.39, 0.29) is 17.8 Å². The maximum Gasteiger partial charge on any atom is 0.262 e. The second-order valence-corrected chi connectivity index (χ2v) is 5.70. The van der Waals surface area contributed by atoms with Crippen molar-refractivity contribution in [2.75, 3.05) is 5.32 Å². The molecule has 4 nitrogen and oxygen atoms in total. The number of nitrogens with one attached hydrogen (secondary N) is 2. The highest BCUT2D eigenvalue weighted by molar-refractivity contribution is 7.80. The number of thiocarbonyl (C=S) groups is 1. The molecule has 1 atom stereocenters. The zero-order valence-electron chi connectivity index (χ0n) is 13.5. The number of ether oxygens (including phenoxy) is 1. The predicted octanol–water partition coefficient (Wildman–Crippen LogP) is 4.13. The van der Waals surface area contributed by atoms with Crippen molar-refractivity contribution in [3.8, 4) is 5.75 Å². The molecule has 0 fully saturated rings. The van der Waals surface area contributed by atoms with Gasteiger partial charge in [0.15, 0.2) is 0 Å². The SMILES string of the molecule is CC[C@@H](C)NC(=S)Oc1ccc(C(=O)Nc2ccc(F)cc2)cc1. The lowest BCUT2D eigenvalue weighted by Crippen LogP contribution is -2.34. The Hall–Kier alpha value is -2.47. The standard InChI is InChI=1S/C18H19FN2O2S/c1-3-12(2)20-18(24)23-16-10-4-13(5-11-16)17(22)21-15-8-6-14(19)7-9-15/h4-12H,3H2,1-2H3,(H,20,24)(H,21,22)/t12-/m1/s1. The third-order valence-electron chi connectivity index (χ3n) is 3.41. The Bertz CT molecular complexity index is 702. The van der Waals surface area contributed by atoms with E-state index >= 15 is 0 Å². The zero-order valence-corrected chi connectivity index (χ0v) is 14.3. The summed E-state index contributed by atoms with van der Waals surface area (Å²) in [5, 5.41) is 6.05. The first-order valence-corrected chi connectivity index (χ1v) is 8.04. The van der Waals surface area contributed by atoms with Gasteiger partial charge in [0, 0.05) is 17.3 Å². The van der Waals surface area contributed by atoms with Crippen molar-refractivity contribution >= 4 is 29.0 Å². The minimum atomic E-state index is -0.350. The van der Waals surface area contributed by atoms with Gasteiger partial charge >= 0.3 is 0 Å². The van der Waals surface area contributed by atoms with Crippen LogP contribution >= 0.6 is 12.2 Å². The second-order valence-electron chi connectivity index (χ2n) is 5.33. The molecule has 0 aliphatic heterocycles. The van der Waals surface area contributed by atoms with Crippen LogP contribution in [0.15, 0.2) is 48.5 Å². The highest BCUT2D eigenvalue weighted by Crippen LogP contribution is 2.15. The molecule has 1 amide bonds. The van der Waals surface area contributed by atoms with Gasteiger partial charge < -0.3 is 15.4 Å². The van der Waals surface area contributed by atoms with Crippen LogP contribution in [-0.4, -0.2) is 17.1 Å². The normalized spacial score (nSPS) is 11.5. The molecule has 0 heterocycles. The Balaban J connectivity index is 1.94. The number of halogens is 1. The van der Waals surface area contributed by atoms with E-state index in [9.17, 15) is 9.18 Å². The number of hydrogen-bond acceptors (Lipinski definition) is 3. The minimum absolute atomic E-state index is 0.235. The van der Waals surface area contributed by atoms with Crippen LogP contribution in [0.3, 0.4) is 0 Å². The van der Waals surface area contributed by atoms with Crippen LogP contribution in [0.2, 0.25) is 0 Å². The van der Waals surface area contributed by atoms with Gasteiger partial charge in [-0.15, -0.1) is 0 Å². The fourth-order valence-corrected chi connectivity index (χ4v) is 2.15. The van der Waals surface area contributed by atoms with E-state index in [0.717, 1.165) is 6.42 Å². The molecular formula is C18H19FN2O2S. The van der Waals surface area contributed by atoms with Gasteiger partial charge in [-0.3, -0.25) is 4.79 Å². The predicted molar refractivity (Wildman–Crippen MR) is 96.9 cm³/mol. The van der Waals surface area contributed by atoms with Gasteiger partial charge in [-0.05, 0) is 74.1 Å². The molecule has 126 valence electrons. The Morgan fingerprint density at radius 2 is 1.79 bits per heavy atom. The third kappa shape index (κ3) is 5.31. The largest absolute Gasteiger partial charge is 0.432 e. The number of rotatable bonds is 5. The molecule has 0 radical (unpaired) electrons. The molecule has 0 unspecified atom stereocenters. The van der Waals surface area contributed by atoms with E-state index in [1.54, 1.807) is 24.3 Å². The first-order chi connectivity index (χ1) is 11.5. The number of hydrogen-bond donors (Lipinski definition) is 2. The first-order valence-electron chi connectivity index (χ1n) is 7.63. The second kappa shape index (κ2) is 8.40. The molecule has 2 N–H and O–H groups in total. The summed E-state index contributed by atoms with van der Waals surface area (Å²) in [7, 11) is 0. The molecule has 6 heteroatoms. The van der Waals surface area contributed by atoms with Crippen molar-refractivity contribution in [1.82, 2.24) is 5.32 Å². The van der Waals surface area contributed by atoms with Crippen LogP contribution < -0.4 is 15.4 Å². The van der Waals surface area contributed by atoms with Crippen LogP contribution in [-0.2, 0) is 0 Å². The van der Waals surface area contributed by atoms with E-state index in [1.807, 2.05) is 6.92 Å². The molecule has 0 aliphatic rings. The lowest BCUT2D eigenvalue weighted by atomic mass is 10.2.